The molecule has 3 rings (SSSR count). The van der Waals surface area contributed by atoms with Gasteiger partial charge in [-0.1, -0.05) is 43.7 Å². The van der Waals surface area contributed by atoms with E-state index < -0.39 is 17.7 Å². The van der Waals surface area contributed by atoms with Crippen molar-refractivity contribution < 1.29 is 19.0 Å². The standard InChI is InChI=1S/C23H27FO3/c1-14(2)10-20(23(25)26)19-12-22(27-13-16-6-7-16)18(11-21(19)24)17-8-4-15(3)5-9-17/h4-5,8-9,11-12,14,16,20H,6-7,10,13H2,1-3H3,(H,25,26). The first-order valence-electron chi connectivity index (χ1n) is 9.61. The topological polar surface area (TPSA) is 46.5 Å². The summed E-state index contributed by atoms with van der Waals surface area (Å²) >= 11 is 0. The summed E-state index contributed by atoms with van der Waals surface area (Å²) in [6.45, 7) is 6.48. The maximum absolute atomic E-state index is 14.9. The number of hydrogen-bond acceptors (Lipinski definition) is 2. The number of rotatable bonds is 8. The van der Waals surface area contributed by atoms with Gasteiger partial charge in [-0.2, -0.15) is 0 Å². The number of halogens is 1. The van der Waals surface area contributed by atoms with Gasteiger partial charge < -0.3 is 9.84 Å². The van der Waals surface area contributed by atoms with Crippen LogP contribution in [0.3, 0.4) is 0 Å². The Hall–Kier alpha value is -2.36. The lowest BCUT2D eigenvalue weighted by Crippen LogP contribution is -2.16. The predicted octanol–water partition coefficient (Wildman–Crippen LogP) is 5.80. The number of carboxylic acid groups (broad SMARTS) is 1. The van der Waals surface area contributed by atoms with Gasteiger partial charge in [-0.25, -0.2) is 4.39 Å². The molecule has 1 unspecified atom stereocenters. The Morgan fingerprint density at radius 2 is 1.89 bits per heavy atom. The number of ether oxygens (including phenoxy) is 1. The molecule has 0 amide bonds. The molecule has 0 bridgehead atoms. The summed E-state index contributed by atoms with van der Waals surface area (Å²) in [7, 11) is 0. The molecule has 3 nitrogen and oxygen atoms in total. The Balaban J connectivity index is 2.03. The molecule has 1 saturated carbocycles. The van der Waals surface area contributed by atoms with E-state index >= 15 is 0 Å². The van der Waals surface area contributed by atoms with Crippen LogP contribution < -0.4 is 4.74 Å². The minimum Gasteiger partial charge on any atom is -0.493 e. The SMILES string of the molecule is Cc1ccc(-c2cc(F)c(C(CC(C)C)C(=O)O)cc2OCC2CC2)cc1. The van der Waals surface area contributed by atoms with Crippen LogP contribution in [0.2, 0.25) is 0 Å². The number of carbonyl (C=O) groups is 1. The summed E-state index contributed by atoms with van der Waals surface area (Å²) in [6.07, 6.45) is 2.69. The molecule has 27 heavy (non-hydrogen) atoms. The van der Waals surface area contributed by atoms with Crippen molar-refractivity contribution in [3.8, 4) is 16.9 Å². The first-order chi connectivity index (χ1) is 12.8. The second-order valence-electron chi connectivity index (χ2n) is 8.01. The van der Waals surface area contributed by atoms with Gasteiger partial charge in [0.05, 0.1) is 12.5 Å². The van der Waals surface area contributed by atoms with Crippen LogP contribution >= 0.6 is 0 Å². The molecule has 1 aliphatic carbocycles. The van der Waals surface area contributed by atoms with Crippen molar-refractivity contribution in [1.29, 1.82) is 0 Å². The Morgan fingerprint density at radius 1 is 1.22 bits per heavy atom. The normalized spacial score (nSPS) is 15.0. The van der Waals surface area contributed by atoms with Gasteiger partial charge in [-0.15, -0.1) is 0 Å². The molecule has 0 aromatic heterocycles. The fourth-order valence-electron chi connectivity index (χ4n) is 3.24. The zero-order chi connectivity index (χ0) is 19.6. The number of aryl methyl sites for hydroxylation is 1. The van der Waals surface area contributed by atoms with Crippen LogP contribution in [0.4, 0.5) is 4.39 Å². The fraction of sp³-hybridized carbons (Fsp3) is 0.435. The average Bonchev–Trinajstić information content (AvgIpc) is 3.43. The Bertz CT molecular complexity index is 807. The monoisotopic (exact) mass is 370 g/mol. The molecule has 1 N–H and O–H groups in total. The van der Waals surface area contributed by atoms with E-state index in [0.29, 0.717) is 30.3 Å². The number of hydrogen-bond donors (Lipinski definition) is 1. The number of carboxylic acids is 1. The van der Waals surface area contributed by atoms with E-state index in [2.05, 4.69) is 0 Å². The zero-order valence-electron chi connectivity index (χ0n) is 16.2. The maximum Gasteiger partial charge on any atom is 0.311 e. The second kappa shape index (κ2) is 8.12. The van der Waals surface area contributed by atoms with Crippen molar-refractivity contribution >= 4 is 5.97 Å². The zero-order valence-corrected chi connectivity index (χ0v) is 16.2. The first kappa shape index (κ1) is 19.4. The predicted molar refractivity (Wildman–Crippen MR) is 105 cm³/mol. The molecule has 2 aromatic rings. The van der Waals surface area contributed by atoms with E-state index in [9.17, 15) is 14.3 Å². The van der Waals surface area contributed by atoms with Gasteiger partial charge in [0.15, 0.2) is 0 Å². The summed E-state index contributed by atoms with van der Waals surface area (Å²) < 4.78 is 21.0. The third-order valence-corrected chi connectivity index (χ3v) is 5.01. The van der Waals surface area contributed by atoms with E-state index in [-0.39, 0.29) is 11.5 Å². The lowest BCUT2D eigenvalue weighted by atomic mass is 9.88. The molecule has 0 aliphatic heterocycles. The van der Waals surface area contributed by atoms with E-state index in [4.69, 9.17) is 4.74 Å². The summed E-state index contributed by atoms with van der Waals surface area (Å²) in [5.74, 6) is -1.10. The van der Waals surface area contributed by atoms with Crippen LogP contribution in [0.15, 0.2) is 36.4 Å². The molecular weight excluding hydrogens is 343 g/mol. The van der Waals surface area contributed by atoms with Crippen LogP contribution in [0.25, 0.3) is 11.1 Å². The largest absolute Gasteiger partial charge is 0.493 e. The van der Waals surface area contributed by atoms with Crippen molar-refractivity contribution in [3.05, 3.63) is 53.3 Å². The van der Waals surface area contributed by atoms with E-state index in [1.165, 1.54) is 6.07 Å². The van der Waals surface area contributed by atoms with Gasteiger partial charge in [0, 0.05) is 11.1 Å². The van der Waals surface area contributed by atoms with Gasteiger partial charge in [0.25, 0.3) is 0 Å². The molecule has 0 heterocycles. The quantitative estimate of drug-likeness (QED) is 0.638. The average molecular weight is 370 g/mol. The van der Waals surface area contributed by atoms with Crippen molar-refractivity contribution in [3.63, 3.8) is 0 Å². The van der Waals surface area contributed by atoms with Crippen LogP contribution in [0.5, 0.6) is 5.75 Å². The minimum atomic E-state index is -1.00. The smallest absolute Gasteiger partial charge is 0.311 e. The lowest BCUT2D eigenvalue weighted by molar-refractivity contribution is -0.139. The summed E-state index contributed by atoms with van der Waals surface area (Å²) in [5.41, 5.74) is 2.87. The van der Waals surface area contributed by atoms with Gasteiger partial charge >= 0.3 is 5.97 Å². The molecule has 0 radical (unpaired) electrons. The third-order valence-electron chi connectivity index (χ3n) is 5.01. The van der Waals surface area contributed by atoms with Gasteiger partial charge in [-0.3, -0.25) is 4.79 Å². The highest BCUT2D eigenvalue weighted by Crippen LogP contribution is 2.38. The molecular formula is C23H27FO3. The Labute approximate surface area is 160 Å². The van der Waals surface area contributed by atoms with E-state index in [1.54, 1.807) is 6.07 Å². The van der Waals surface area contributed by atoms with Crippen LogP contribution in [0.1, 0.15) is 50.2 Å². The molecule has 2 aromatic carbocycles. The van der Waals surface area contributed by atoms with Crippen molar-refractivity contribution in [2.24, 2.45) is 11.8 Å². The summed E-state index contributed by atoms with van der Waals surface area (Å²) in [5, 5.41) is 9.63. The fourth-order valence-corrected chi connectivity index (χ4v) is 3.24. The Morgan fingerprint density at radius 3 is 2.44 bits per heavy atom. The molecule has 144 valence electrons. The molecule has 0 saturated heterocycles. The highest BCUT2D eigenvalue weighted by molar-refractivity contribution is 5.78. The second-order valence-corrected chi connectivity index (χ2v) is 8.01. The molecule has 4 heteroatoms. The van der Waals surface area contributed by atoms with E-state index in [0.717, 1.165) is 24.0 Å². The number of aliphatic carboxylic acids is 1. The van der Waals surface area contributed by atoms with E-state index in [1.807, 2.05) is 45.0 Å². The van der Waals surface area contributed by atoms with Crippen molar-refractivity contribution in [2.45, 2.75) is 46.0 Å². The highest BCUT2D eigenvalue weighted by atomic mass is 19.1. The first-order valence-corrected chi connectivity index (χ1v) is 9.61. The molecule has 1 atom stereocenters. The number of benzene rings is 2. The summed E-state index contributed by atoms with van der Waals surface area (Å²) in [6, 6.07) is 10.9. The highest BCUT2D eigenvalue weighted by Gasteiger charge is 2.27. The van der Waals surface area contributed by atoms with Gasteiger partial charge in [-0.05, 0) is 55.7 Å². The van der Waals surface area contributed by atoms with Crippen molar-refractivity contribution in [2.75, 3.05) is 6.61 Å². The maximum atomic E-state index is 14.9. The minimum absolute atomic E-state index is 0.151. The molecule has 1 aliphatic rings. The van der Waals surface area contributed by atoms with Gasteiger partial charge in [0.1, 0.15) is 11.6 Å². The lowest BCUT2D eigenvalue weighted by Gasteiger charge is -2.19. The third kappa shape index (κ3) is 4.88. The molecule has 1 fully saturated rings. The summed E-state index contributed by atoms with van der Waals surface area (Å²) in [4.78, 5) is 11.8. The van der Waals surface area contributed by atoms with Gasteiger partial charge in [0.2, 0.25) is 0 Å². The van der Waals surface area contributed by atoms with Crippen LogP contribution in [-0.2, 0) is 4.79 Å². The van der Waals surface area contributed by atoms with Crippen molar-refractivity contribution in [1.82, 2.24) is 0 Å². The van der Waals surface area contributed by atoms with Crippen LogP contribution in [0, 0.1) is 24.6 Å². The molecule has 0 spiro atoms. The Kier molecular flexibility index (Phi) is 5.83. The van der Waals surface area contributed by atoms with Crippen LogP contribution in [-0.4, -0.2) is 17.7 Å².